The Bertz CT molecular complexity index is 1090. The van der Waals surface area contributed by atoms with E-state index in [1.165, 1.54) is 13.3 Å². The summed E-state index contributed by atoms with van der Waals surface area (Å²) in [7, 11) is -2.15. The molecule has 0 aliphatic rings. The second kappa shape index (κ2) is 11.0. The van der Waals surface area contributed by atoms with Crippen molar-refractivity contribution in [1.82, 2.24) is 5.43 Å². The zero-order chi connectivity index (χ0) is 23.0. The molecule has 2 aromatic rings. The molecule has 2 rings (SSSR count). The van der Waals surface area contributed by atoms with E-state index >= 15 is 0 Å². The zero-order valence-electron chi connectivity index (χ0n) is 17.5. The molecule has 10 heteroatoms. The van der Waals surface area contributed by atoms with Crippen molar-refractivity contribution in [1.29, 1.82) is 0 Å². The number of hydrazone groups is 1. The molecule has 0 heterocycles. The second-order valence-corrected chi connectivity index (χ2v) is 9.30. The van der Waals surface area contributed by atoms with Crippen molar-refractivity contribution in [2.45, 2.75) is 6.92 Å². The third-order valence-corrected chi connectivity index (χ3v) is 5.71. The number of anilines is 1. The summed E-state index contributed by atoms with van der Waals surface area (Å²) in [6, 6.07) is 10.3. The molecule has 0 radical (unpaired) electrons. The molecule has 1 N–H and O–H groups in total. The van der Waals surface area contributed by atoms with Crippen molar-refractivity contribution in [3.05, 3.63) is 64.7 Å². The highest BCUT2D eigenvalue weighted by Gasteiger charge is 2.20. The summed E-state index contributed by atoms with van der Waals surface area (Å²) in [5, 5.41) is 3.92. The Morgan fingerprint density at radius 3 is 2.68 bits per heavy atom. The third kappa shape index (κ3) is 7.11. The molecule has 166 valence electrons. The first-order valence-electron chi connectivity index (χ1n) is 9.13. The first-order chi connectivity index (χ1) is 14.7. The largest absolute Gasteiger partial charge is 0.493 e. The molecule has 2 aromatic carbocycles. The minimum absolute atomic E-state index is 0.316. The van der Waals surface area contributed by atoms with Crippen LogP contribution in [0.4, 0.5) is 5.69 Å². The number of nitrogens with one attached hydrogen (secondary N) is 1. The molecule has 0 spiro atoms. The lowest BCUT2D eigenvalue weighted by atomic mass is 10.2. The number of ether oxygens (including phenoxy) is 2. The average Bonchev–Trinajstić information content (AvgIpc) is 2.70. The van der Waals surface area contributed by atoms with E-state index in [4.69, 9.17) is 9.47 Å². The Kier molecular flexibility index (Phi) is 8.64. The fraction of sp³-hybridized carbons (Fsp3) is 0.238. The molecule has 0 aliphatic heterocycles. The molecule has 0 saturated heterocycles. The summed E-state index contributed by atoms with van der Waals surface area (Å²) < 4.78 is 36.9. The van der Waals surface area contributed by atoms with Gasteiger partial charge >= 0.3 is 0 Å². The summed E-state index contributed by atoms with van der Waals surface area (Å²) in [6.07, 6.45) is 4.08. The fourth-order valence-electron chi connectivity index (χ4n) is 2.62. The topological polar surface area (TPSA) is 97.3 Å². The highest BCUT2D eigenvalue weighted by Crippen LogP contribution is 2.36. The van der Waals surface area contributed by atoms with Crippen LogP contribution >= 0.6 is 15.9 Å². The molecular weight excluding hydrogens is 486 g/mol. The molecule has 0 aliphatic carbocycles. The van der Waals surface area contributed by atoms with Gasteiger partial charge in [-0.25, -0.2) is 13.8 Å². The lowest BCUT2D eigenvalue weighted by Crippen LogP contribution is -2.39. The maximum Gasteiger partial charge on any atom is 0.260 e. The third-order valence-electron chi connectivity index (χ3n) is 3.98. The number of sulfonamides is 1. The van der Waals surface area contributed by atoms with Gasteiger partial charge in [-0.2, -0.15) is 5.10 Å². The Balaban J connectivity index is 2.12. The zero-order valence-corrected chi connectivity index (χ0v) is 19.9. The van der Waals surface area contributed by atoms with E-state index in [-0.39, 0.29) is 0 Å². The van der Waals surface area contributed by atoms with Gasteiger partial charge in [0.2, 0.25) is 10.0 Å². The van der Waals surface area contributed by atoms with Crippen molar-refractivity contribution in [3.63, 3.8) is 0 Å². The maximum atomic E-state index is 12.3. The van der Waals surface area contributed by atoms with Crippen LogP contribution in [0.1, 0.15) is 11.1 Å². The Labute approximate surface area is 190 Å². The monoisotopic (exact) mass is 509 g/mol. The van der Waals surface area contributed by atoms with Gasteiger partial charge in [-0.15, -0.1) is 0 Å². The van der Waals surface area contributed by atoms with Gasteiger partial charge in [0.05, 0.1) is 29.7 Å². The summed E-state index contributed by atoms with van der Waals surface area (Å²) in [4.78, 5) is 12.3. The van der Waals surface area contributed by atoms with Gasteiger partial charge in [0, 0.05) is 0 Å². The molecule has 0 atom stereocenters. The van der Waals surface area contributed by atoms with Crippen LogP contribution in [0.2, 0.25) is 0 Å². The Morgan fingerprint density at radius 2 is 2.06 bits per heavy atom. The highest BCUT2D eigenvalue weighted by atomic mass is 79.9. The van der Waals surface area contributed by atoms with E-state index in [1.54, 1.807) is 36.4 Å². The number of aryl methyl sites for hydroxylation is 1. The van der Waals surface area contributed by atoms with Crippen LogP contribution in [0.15, 0.2) is 58.6 Å². The standard InChI is InChI=1S/C21H24BrN3O5S/c1-5-9-30-21-18(22)11-16(12-19(21)29-3)13-23-24-20(26)14-25(31(4,27)28)17-8-6-7-15(2)10-17/h5-8,10-13H,1,9,14H2,2-4H3,(H,24,26)/b23-13-. The van der Waals surface area contributed by atoms with E-state index in [0.29, 0.717) is 33.8 Å². The van der Waals surface area contributed by atoms with Crippen LogP contribution < -0.4 is 19.2 Å². The maximum absolute atomic E-state index is 12.3. The van der Waals surface area contributed by atoms with Crippen molar-refractivity contribution in [2.75, 3.05) is 30.8 Å². The van der Waals surface area contributed by atoms with E-state index < -0.39 is 22.5 Å². The smallest absolute Gasteiger partial charge is 0.260 e. The van der Waals surface area contributed by atoms with Gasteiger partial charge in [0.1, 0.15) is 13.2 Å². The van der Waals surface area contributed by atoms with Gasteiger partial charge in [0.25, 0.3) is 5.91 Å². The molecule has 0 bridgehead atoms. The number of hydrogen-bond acceptors (Lipinski definition) is 6. The molecular formula is C21H24BrN3O5S. The van der Waals surface area contributed by atoms with E-state index in [2.05, 4.69) is 33.0 Å². The number of benzene rings is 2. The fourth-order valence-corrected chi connectivity index (χ4v) is 4.05. The number of nitrogens with zero attached hydrogens (tertiary/aromatic N) is 2. The van der Waals surface area contributed by atoms with Crippen LogP contribution in [-0.2, 0) is 14.8 Å². The van der Waals surface area contributed by atoms with Crippen LogP contribution in [0, 0.1) is 6.92 Å². The summed E-state index contributed by atoms with van der Waals surface area (Å²) >= 11 is 3.41. The molecule has 8 nitrogen and oxygen atoms in total. The van der Waals surface area contributed by atoms with Crippen molar-refractivity contribution in [2.24, 2.45) is 5.10 Å². The predicted octanol–water partition coefficient (Wildman–Crippen LogP) is 3.25. The van der Waals surface area contributed by atoms with Gasteiger partial charge in [-0.3, -0.25) is 9.10 Å². The quantitative estimate of drug-likeness (QED) is 0.301. The number of carbonyl (C=O) groups is 1. The molecule has 0 unspecified atom stereocenters. The van der Waals surface area contributed by atoms with Crippen molar-refractivity contribution < 1.29 is 22.7 Å². The van der Waals surface area contributed by atoms with E-state index in [1.807, 2.05) is 13.0 Å². The van der Waals surface area contributed by atoms with Gasteiger partial charge in [-0.1, -0.05) is 24.8 Å². The molecule has 0 saturated carbocycles. The average molecular weight is 510 g/mol. The van der Waals surface area contributed by atoms with E-state index in [0.717, 1.165) is 16.1 Å². The second-order valence-electron chi connectivity index (χ2n) is 6.54. The minimum Gasteiger partial charge on any atom is -0.493 e. The van der Waals surface area contributed by atoms with Gasteiger partial charge in [0.15, 0.2) is 11.5 Å². The first kappa shape index (κ1) is 24.4. The minimum atomic E-state index is -3.66. The SMILES string of the molecule is C=CCOc1c(Br)cc(/C=N\NC(=O)CN(c2cccc(C)c2)S(C)(=O)=O)cc1OC. The highest BCUT2D eigenvalue weighted by molar-refractivity contribution is 9.10. The molecule has 0 fully saturated rings. The first-order valence-corrected chi connectivity index (χ1v) is 11.8. The van der Waals surface area contributed by atoms with Crippen LogP contribution in [0.5, 0.6) is 11.5 Å². The predicted molar refractivity (Wildman–Crippen MR) is 125 cm³/mol. The van der Waals surface area contributed by atoms with Gasteiger partial charge in [-0.05, 0) is 58.2 Å². The van der Waals surface area contributed by atoms with E-state index in [9.17, 15) is 13.2 Å². The Morgan fingerprint density at radius 1 is 1.32 bits per heavy atom. The number of rotatable bonds is 10. The van der Waals surface area contributed by atoms with Crippen molar-refractivity contribution in [3.8, 4) is 11.5 Å². The lowest BCUT2D eigenvalue weighted by Gasteiger charge is -2.21. The normalized spacial score (nSPS) is 11.2. The lowest BCUT2D eigenvalue weighted by molar-refractivity contribution is -0.119. The van der Waals surface area contributed by atoms with Crippen LogP contribution in [0.3, 0.4) is 0 Å². The summed E-state index contributed by atoms with van der Waals surface area (Å²) in [5.41, 5.74) is 4.27. The Hall–Kier alpha value is -2.85. The number of hydrogen-bond donors (Lipinski definition) is 1. The summed E-state index contributed by atoms with van der Waals surface area (Å²) in [5.74, 6) is 0.414. The van der Waals surface area contributed by atoms with Crippen LogP contribution in [0.25, 0.3) is 0 Å². The molecule has 0 aromatic heterocycles. The molecule has 31 heavy (non-hydrogen) atoms. The number of halogens is 1. The number of carbonyl (C=O) groups excluding carboxylic acids is 1. The van der Waals surface area contributed by atoms with Crippen molar-refractivity contribution >= 4 is 43.8 Å². The van der Waals surface area contributed by atoms with Crippen LogP contribution in [-0.4, -0.2) is 47.1 Å². The summed E-state index contributed by atoms with van der Waals surface area (Å²) in [6.45, 7) is 5.37. The number of methoxy groups -OCH3 is 1. The van der Waals surface area contributed by atoms with Gasteiger partial charge < -0.3 is 9.47 Å². The molecule has 1 amide bonds. The number of amides is 1.